The molecule has 1 N–H and O–H groups in total. The molecule has 1 aromatic rings. The first-order chi connectivity index (χ1) is 11.1. The number of aromatic hydroxyl groups is 1. The zero-order chi connectivity index (χ0) is 16.2. The van der Waals surface area contributed by atoms with Crippen molar-refractivity contribution in [2.24, 2.45) is 7.05 Å². The Kier molecular flexibility index (Phi) is 5.63. The Morgan fingerprint density at radius 1 is 1.13 bits per heavy atom. The predicted molar refractivity (Wildman–Crippen MR) is 92.0 cm³/mol. The van der Waals surface area contributed by atoms with E-state index < -0.39 is 0 Å². The lowest BCUT2D eigenvalue weighted by molar-refractivity contribution is 0.0331. The standard InChI is InChI=1S/C16H25N3O3S/c1-17-13(11-18-2-6-22-7-3-18)10-15(20)16(21)14(17)12-19-4-8-23-9-5-19/h10,21H,2-9,11-12H2,1H3. The van der Waals surface area contributed by atoms with E-state index in [1.165, 1.54) is 0 Å². The van der Waals surface area contributed by atoms with Crippen LogP contribution in [-0.4, -0.2) is 70.4 Å². The molecule has 2 fully saturated rings. The number of nitrogens with zero attached hydrogens (tertiary/aromatic N) is 3. The van der Waals surface area contributed by atoms with Crippen LogP contribution in [0.25, 0.3) is 0 Å². The van der Waals surface area contributed by atoms with Gasteiger partial charge in [-0.3, -0.25) is 14.6 Å². The molecule has 128 valence electrons. The van der Waals surface area contributed by atoms with Gasteiger partial charge >= 0.3 is 0 Å². The third-order valence-electron chi connectivity index (χ3n) is 4.61. The average molecular weight is 339 g/mol. The lowest BCUT2D eigenvalue weighted by Gasteiger charge is -2.30. The van der Waals surface area contributed by atoms with Crippen molar-refractivity contribution in [2.75, 3.05) is 50.9 Å². The second-order valence-corrected chi connectivity index (χ2v) is 7.36. The van der Waals surface area contributed by atoms with Gasteiger partial charge in [-0.25, -0.2) is 0 Å². The Hall–Kier alpha value is -1.02. The second kappa shape index (κ2) is 7.70. The van der Waals surface area contributed by atoms with Crippen molar-refractivity contribution in [3.8, 4) is 5.75 Å². The van der Waals surface area contributed by atoms with Crippen molar-refractivity contribution < 1.29 is 9.84 Å². The molecule has 2 aliphatic rings. The molecule has 0 aliphatic carbocycles. The van der Waals surface area contributed by atoms with E-state index in [4.69, 9.17) is 4.74 Å². The van der Waals surface area contributed by atoms with Gasteiger partial charge in [0.2, 0.25) is 5.43 Å². The summed E-state index contributed by atoms with van der Waals surface area (Å²) < 4.78 is 7.37. The molecule has 0 bridgehead atoms. The molecule has 6 nitrogen and oxygen atoms in total. The first kappa shape index (κ1) is 16.8. The van der Waals surface area contributed by atoms with Gasteiger partial charge < -0.3 is 14.4 Å². The molecule has 3 rings (SSSR count). The quantitative estimate of drug-likeness (QED) is 0.861. The molecule has 2 aliphatic heterocycles. The van der Waals surface area contributed by atoms with Crippen LogP contribution < -0.4 is 5.43 Å². The lowest BCUT2D eigenvalue weighted by Crippen LogP contribution is -2.37. The Labute approximate surface area is 141 Å². The third-order valence-corrected chi connectivity index (χ3v) is 5.55. The highest BCUT2D eigenvalue weighted by atomic mass is 32.2. The van der Waals surface area contributed by atoms with E-state index in [2.05, 4.69) is 9.80 Å². The van der Waals surface area contributed by atoms with Crippen LogP contribution in [0.2, 0.25) is 0 Å². The van der Waals surface area contributed by atoms with E-state index in [-0.39, 0.29) is 11.2 Å². The number of aromatic nitrogens is 1. The highest BCUT2D eigenvalue weighted by Gasteiger charge is 2.19. The summed E-state index contributed by atoms with van der Waals surface area (Å²) in [5, 5.41) is 10.2. The van der Waals surface area contributed by atoms with Crippen molar-refractivity contribution in [1.82, 2.24) is 14.4 Å². The minimum absolute atomic E-state index is 0.101. The number of rotatable bonds is 4. The largest absolute Gasteiger partial charge is 0.503 e. The van der Waals surface area contributed by atoms with E-state index in [0.717, 1.165) is 68.8 Å². The molecular formula is C16H25N3O3S. The summed E-state index contributed by atoms with van der Waals surface area (Å²) in [7, 11) is 1.95. The zero-order valence-electron chi connectivity index (χ0n) is 13.7. The molecule has 0 atom stereocenters. The predicted octanol–water partition coefficient (Wildman–Crippen LogP) is 0.472. The maximum absolute atomic E-state index is 12.2. The summed E-state index contributed by atoms with van der Waals surface area (Å²) in [6, 6.07) is 1.57. The van der Waals surface area contributed by atoms with Gasteiger partial charge in [-0.05, 0) is 0 Å². The van der Waals surface area contributed by atoms with Crippen LogP contribution in [0.5, 0.6) is 5.75 Å². The fourth-order valence-electron chi connectivity index (χ4n) is 3.08. The summed E-state index contributed by atoms with van der Waals surface area (Å²) >= 11 is 1.96. The van der Waals surface area contributed by atoms with Gasteiger partial charge in [-0.2, -0.15) is 11.8 Å². The van der Waals surface area contributed by atoms with Gasteiger partial charge in [0.15, 0.2) is 5.75 Å². The number of pyridine rings is 1. The Morgan fingerprint density at radius 3 is 2.48 bits per heavy atom. The Morgan fingerprint density at radius 2 is 1.78 bits per heavy atom. The van der Waals surface area contributed by atoms with Crippen molar-refractivity contribution in [2.45, 2.75) is 13.1 Å². The summed E-state index contributed by atoms with van der Waals surface area (Å²) in [4.78, 5) is 16.8. The van der Waals surface area contributed by atoms with Crippen molar-refractivity contribution in [3.05, 3.63) is 27.7 Å². The van der Waals surface area contributed by atoms with Gasteiger partial charge in [0, 0.05) is 69.6 Å². The molecule has 0 aromatic carbocycles. The minimum atomic E-state index is -0.271. The summed E-state index contributed by atoms with van der Waals surface area (Å²) in [5.74, 6) is 2.13. The van der Waals surface area contributed by atoms with E-state index in [1.54, 1.807) is 6.07 Å². The topological polar surface area (TPSA) is 57.9 Å². The maximum atomic E-state index is 12.2. The first-order valence-electron chi connectivity index (χ1n) is 8.16. The molecule has 3 heterocycles. The fourth-order valence-corrected chi connectivity index (χ4v) is 4.06. The number of hydrogen-bond donors (Lipinski definition) is 1. The van der Waals surface area contributed by atoms with E-state index in [0.29, 0.717) is 6.54 Å². The van der Waals surface area contributed by atoms with Crippen LogP contribution >= 0.6 is 11.8 Å². The van der Waals surface area contributed by atoms with Crippen LogP contribution in [-0.2, 0) is 24.9 Å². The van der Waals surface area contributed by atoms with Gasteiger partial charge in [0.25, 0.3) is 0 Å². The van der Waals surface area contributed by atoms with Crippen molar-refractivity contribution in [3.63, 3.8) is 0 Å². The number of ether oxygens (including phenoxy) is 1. The van der Waals surface area contributed by atoms with Crippen LogP contribution in [0.1, 0.15) is 11.4 Å². The maximum Gasteiger partial charge on any atom is 0.223 e. The Balaban J connectivity index is 1.81. The van der Waals surface area contributed by atoms with Crippen LogP contribution in [0.3, 0.4) is 0 Å². The molecule has 23 heavy (non-hydrogen) atoms. The van der Waals surface area contributed by atoms with Crippen LogP contribution in [0.4, 0.5) is 0 Å². The van der Waals surface area contributed by atoms with Crippen LogP contribution in [0.15, 0.2) is 10.9 Å². The van der Waals surface area contributed by atoms with Crippen molar-refractivity contribution >= 4 is 11.8 Å². The molecule has 0 saturated carbocycles. The first-order valence-corrected chi connectivity index (χ1v) is 9.31. The smallest absolute Gasteiger partial charge is 0.223 e. The molecular weight excluding hydrogens is 314 g/mol. The summed E-state index contributed by atoms with van der Waals surface area (Å²) in [5.41, 5.74) is 1.41. The van der Waals surface area contributed by atoms with Gasteiger partial charge in [-0.15, -0.1) is 0 Å². The molecule has 2 saturated heterocycles. The van der Waals surface area contributed by atoms with E-state index >= 15 is 0 Å². The van der Waals surface area contributed by atoms with Gasteiger partial charge in [0.1, 0.15) is 0 Å². The normalized spacial score (nSPS) is 20.7. The fraction of sp³-hybridized carbons (Fsp3) is 0.688. The lowest BCUT2D eigenvalue weighted by atomic mass is 10.2. The van der Waals surface area contributed by atoms with Crippen molar-refractivity contribution in [1.29, 1.82) is 0 Å². The molecule has 0 spiro atoms. The molecule has 0 unspecified atom stereocenters. The molecule has 1 aromatic heterocycles. The molecule has 0 radical (unpaired) electrons. The van der Waals surface area contributed by atoms with Gasteiger partial charge in [0.05, 0.1) is 18.9 Å². The molecule has 0 amide bonds. The summed E-state index contributed by atoms with van der Waals surface area (Å²) in [6.07, 6.45) is 0. The Bertz CT molecular complexity index is 593. The highest BCUT2D eigenvalue weighted by molar-refractivity contribution is 7.99. The zero-order valence-corrected chi connectivity index (χ0v) is 14.5. The summed E-state index contributed by atoms with van der Waals surface area (Å²) in [6.45, 7) is 6.61. The minimum Gasteiger partial charge on any atom is -0.503 e. The highest BCUT2D eigenvalue weighted by Crippen LogP contribution is 2.19. The van der Waals surface area contributed by atoms with Gasteiger partial charge in [-0.1, -0.05) is 0 Å². The average Bonchev–Trinajstić information content (AvgIpc) is 2.58. The van der Waals surface area contributed by atoms with E-state index in [9.17, 15) is 9.90 Å². The van der Waals surface area contributed by atoms with Crippen LogP contribution in [0, 0.1) is 0 Å². The number of thioether (sulfide) groups is 1. The number of morpholine rings is 1. The monoisotopic (exact) mass is 339 g/mol. The second-order valence-electron chi connectivity index (χ2n) is 6.13. The van der Waals surface area contributed by atoms with E-state index in [1.807, 2.05) is 23.4 Å². The SMILES string of the molecule is Cn1c(CN2CCOCC2)cc(=O)c(O)c1CN1CCSCC1. The number of hydrogen-bond acceptors (Lipinski definition) is 6. The third kappa shape index (κ3) is 4.09. The molecule has 7 heteroatoms.